The monoisotopic (exact) mass is 312 g/mol. The van der Waals surface area contributed by atoms with Gasteiger partial charge in [0.05, 0.1) is 12.0 Å². The summed E-state index contributed by atoms with van der Waals surface area (Å²) >= 11 is 1.46. The number of rotatable bonds is 3. The Morgan fingerprint density at radius 3 is 2.73 bits per heavy atom. The normalized spacial score (nSPS) is 10.7. The molecule has 0 aliphatic heterocycles. The fourth-order valence-corrected chi connectivity index (χ4v) is 3.17. The first-order valence-corrected chi connectivity index (χ1v) is 7.76. The molecule has 0 spiro atoms. The maximum Gasteiger partial charge on any atom is 0.293 e. The van der Waals surface area contributed by atoms with Crippen LogP contribution in [0.5, 0.6) is 0 Å². The molecule has 2 aromatic heterocycles. The summed E-state index contributed by atoms with van der Waals surface area (Å²) in [7, 11) is 0. The van der Waals surface area contributed by atoms with Gasteiger partial charge in [-0.2, -0.15) is 0 Å². The van der Waals surface area contributed by atoms with Crippen LogP contribution < -0.4 is 5.32 Å². The molecule has 3 aromatic rings. The lowest BCUT2D eigenvalue weighted by Gasteiger charge is -2.05. The van der Waals surface area contributed by atoms with Gasteiger partial charge in [0.1, 0.15) is 0 Å². The van der Waals surface area contributed by atoms with E-state index in [4.69, 9.17) is 4.42 Å². The van der Waals surface area contributed by atoms with E-state index in [9.17, 15) is 4.79 Å². The molecule has 0 radical (unpaired) electrons. The van der Waals surface area contributed by atoms with Gasteiger partial charge in [-0.1, -0.05) is 23.8 Å². The van der Waals surface area contributed by atoms with Crippen molar-refractivity contribution in [2.24, 2.45) is 0 Å². The van der Waals surface area contributed by atoms with Crippen molar-refractivity contribution in [2.45, 2.75) is 20.8 Å². The molecule has 22 heavy (non-hydrogen) atoms. The number of nitrogens with zero attached hydrogens (tertiary/aromatic N) is 1. The summed E-state index contributed by atoms with van der Waals surface area (Å²) in [6.45, 7) is 6.15. The highest BCUT2D eigenvalue weighted by molar-refractivity contribution is 7.16. The third-order valence-corrected chi connectivity index (χ3v) is 4.29. The smallest absolute Gasteiger partial charge is 0.293 e. The molecule has 0 bridgehead atoms. The minimum absolute atomic E-state index is 0.279. The number of aryl methyl sites for hydroxylation is 3. The number of aromatic nitrogens is 1. The standard InChI is InChI=1S/C17H16N2O2S/c1-10-6-7-13(11(2)9-10)15-12(3)22-17(18-15)19-16(20)14-5-4-8-21-14/h4-9H,1-3H3,(H,18,19,20). The Morgan fingerprint density at radius 1 is 1.23 bits per heavy atom. The number of carbonyl (C=O) groups is 1. The second kappa shape index (κ2) is 5.77. The number of thiazole rings is 1. The molecule has 0 unspecified atom stereocenters. The van der Waals surface area contributed by atoms with Gasteiger partial charge in [0.2, 0.25) is 0 Å². The van der Waals surface area contributed by atoms with E-state index in [2.05, 4.69) is 42.3 Å². The Kier molecular flexibility index (Phi) is 3.81. The highest BCUT2D eigenvalue weighted by atomic mass is 32.1. The van der Waals surface area contributed by atoms with Crippen molar-refractivity contribution >= 4 is 22.4 Å². The molecule has 2 heterocycles. The molecule has 1 aromatic carbocycles. The average Bonchev–Trinajstić information content (AvgIpc) is 3.09. The highest BCUT2D eigenvalue weighted by Crippen LogP contribution is 2.32. The van der Waals surface area contributed by atoms with Gasteiger partial charge in [0, 0.05) is 10.4 Å². The van der Waals surface area contributed by atoms with Crippen LogP contribution >= 0.6 is 11.3 Å². The van der Waals surface area contributed by atoms with Gasteiger partial charge < -0.3 is 4.42 Å². The zero-order valence-corrected chi connectivity index (χ0v) is 13.5. The van der Waals surface area contributed by atoms with Crippen LogP contribution in [0.1, 0.15) is 26.6 Å². The molecule has 0 saturated heterocycles. The van der Waals surface area contributed by atoms with E-state index in [-0.39, 0.29) is 11.7 Å². The SMILES string of the molecule is Cc1ccc(-c2nc(NC(=O)c3ccco3)sc2C)c(C)c1. The quantitative estimate of drug-likeness (QED) is 0.770. The van der Waals surface area contributed by atoms with E-state index in [0.717, 1.165) is 16.1 Å². The van der Waals surface area contributed by atoms with Crippen LogP contribution in [0, 0.1) is 20.8 Å². The molecule has 0 fully saturated rings. The summed E-state index contributed by atoms with van der Waals surface area (Å²) in [6, 6.07) is 9.59. The highest BCUT2D eigenvalue weighted by Gasteiger charge is 2.15. The summed E-state index contributed by atoms with van der Waals surface area (Å²) in [6.07, 6.45) is 1.48. The summed E-state index contributed by atoms with van der Waals surface area (Å²) in [5.74, 6) is -0.00755. The van der Waals surface area contributed by atoms with Gasteiger partial charge in [-0.25, -0.2) is 4.98 Å². The first-order valence-electron chi connectivity index (χ1n) is 6.94. The number of carbonyl (C=O) groups excluding carboxylic acids is 1. The molecule has 4 nitrogen and oxygen atoms in total. The maximum atomic E-state index is 12.0. The Bertz CT molecular complexity index is 819. The molecule has 1 amide bonds. The lowest BCUT2D eigenvalue weighted by Crippen LogP contribution is -2.10. The van der Waals surface area contributed by atoms with Gasteiger partial charge >= 0.3 is 0 Å². The molecule has 112 valence electrons. The molecule has 0 saturated carbocycles. The van der Waals surface area contributed by atoms with Crippen LogP contribution in [0.4, 0.5) is 5.13 Å². The van der Waals surface area contributed by atoms with Crippen molar-refractivity contribution in [1.82, 2.24) is 4.98 Å². The van der Waals surface area contributed by atoms with Crippen LogP contribution in [-0.2, 0) is 0 Å². The van der Waals surface area contributed by atoms with Crippen LogP contribution in [0.2, 0.25) is 0 Å². The largest absolute Gasteiger partial charge is 0.459 e. The first kappa shape index (κ1) is 14.5. The second-order valence-electron chi connectivity index (χ2n) is 5.17. The van der Waals surface area contributed by atoms with E-state index in [1.807, 2.05) is 6.92 Å². The Labute approximate surface area is 132 Å². The second-order valence-corrected chi connectivity index (χ2v) is 6.38. The number of anilines is 1. The Morgan fingerprint density at radius 2 is 2.05 bits per heavy atom. The Balaban J connectivity index is 1.89. The average molecular weight is 312 g/mol. The predicted molar refractivity (Wildman–Crippen MR) is 88.4 cm³/mol. The van der Waals surface area contributed by atoms with Crippen LogP contribution in [0.3, 0.4) is 0 Å². The van der Waals surface area contributed by atoms with Gasteiger partial charge in [-0.05, 0) is 38.5 Å². The first-order chi connectivity index (χ1) is 10.5. The van der Waals surface area contributed by atoms with Gasteiger partial charge in [0.15, 0.2) is 10.9 Å². The molecule has 0 atom stereocenters. The Hall–Kier alpha value is -2.40. The minimum atomic E-state index is -0.286. The summed E-state index contributed by atoms with van der Waals surface area (Å²) < 4.78 is 5.09. The molecule has 0 aliphatic carbocycles. The molecular weight excluding hydrogens is 296 g/mol. The molecule has 5 heteroatoms. The number of hydrogen-bond acceptors (Lipinski definition) is 4. The number of nitrogens with one attached hydrogen (secondary N) is 1. The van der Waals surface area contributed by atoms with Gasteiger partial charge in [-0.3, -0.25) is 10.1 Å². The van der Waals surface area contributed by atoms with Gasteiger partial charge in [0.25, 0.3) is 5.91 Å². The summed E-state index contributed by atoms with van der Waals surface area (Å²) in [5.41, 5.74) is 4.41. The summed E-state index contributed by atoms with van der Waals surface area (Å²) in [4.78, 5) is 17.6. The van der Waals surface area contributed by atoms with Crippen molar-refractivity contribution in [1.29, 1.82) is 0 Å². The lowest BCUT2D eigenvalue weighted by atomic mass is 10.0. The zero-order chi connectivity index (χ0) is 15.7. The number of furan rings is 1. The number of benzene rings is 1. The van der Waals surface area contributed by atoms with Crippen molar-refractivity contribution in [2.75, 3.05) is 5.32 Å². The van der Waals surface area contributed by atoms with Gasteiger partial charge in [-0.15, -0.1) is 11.3 Å². The van der Waals surface area contributed by atoms with E-state index >= 15 is 0 Å². The minimum Gasteiger partial charge on any atom is -0.459 e. The van der Waals surface area contributed by atoms with Crippen molar-refractivity contribution < 1.29 is 9.21 Å². The molecule has 1 N–H and O–H groups in total. The number of hydrogen-bond donors (Lipinski definition) is 1. The van der Waals surface area contributed by atoms with E-state index in [0.29, 0.717) is 5.13 Å². The third kappa shape index (κ3) is 2.80. The van der Waals surface area contributed by atoms with E-state index in [1.165, 1.54) is 28.7 Å². The van der Waals surface area contributed by atoms with Crippen molar-refractivity contribution in [3.8, 4) is 11.3 Å². The predicted octanol–water partition coefficient (Wildman–Crippen LogP) is 4.58. The number of amides is 1. The van der Waals surface area contributed by atoms with Crippen molar-refractivity contribution in [3.63, 3.8) is 0 Å². The maximum absolute atomic E-state index is 12.0. The lowest BCUT2D eigenvalue weighted by molar-refractivity contribution is 0.0996. The molecular formula is C17H16N2O2S. The topological polar surface area (TPSA) is 55.1 Å². The summed E-state index contributed by atoms with van der Waals surface area (Å²) in [5, 5.41) is 3.36. The van der Waals surface area contributed by atoms with Crippen LogP contribution in [0.15, 0.2) is 41.0 Å². The van der Waals surface area contributed by atoms with E-state index < -0.39 is 0 Å². The van der Waals surface area contributed by atoms with Crippen molar-refractivity contribution in [3.05, 3.63) is 58.4 Å². The van der Waals surface area contributed by atoms with Crippen LogP contribution in [-0.4, -0.2) is 10.9 Å². The van der Waals surface area contributed by atoms with Crippen LogP contribution in [0.25, 0.3) is 11.3 Å². The fourth-order valence-electron chi connectivity index (χ4n) is 2.35. The fraction of sp³-hybridized carbons (Fsp3) is 0.176. The zero-order valence-electron chi connectivity index (χ0n) is 12.6. The van der Waals surface area contributed by atoms with E-state index in [1.54, 1.807) is 12.1 Å². The third-order valence-electron chi connectivity index (χ3n) is 3.40. The molecule has 0 aliphatic rings. The molecule has 3 rings (SSSR count).